The van der Waals surface area contributed by atoms with Crippen molar-refractivity contribution >= 4 is 33.2 Å². The van der Waals surface area contributed by atoms with E-state index in [0.717, 1.165) is 12.1 Å². The molecule has 1 amide bonds. The lowest BCUT2D eigenvalue weighted by atomic mass is 10.1. The van der Waals surface area contributed by atoms with Crippen LogP contribution in [0.25, 0.3) is 0 Å². The van der Waals surface area contributed by atoms with Crippen LogP contribution in [0.4, 0.5) is 14.5 Å². The van der Waals surface area contributed by atoms with Gasteiger partial charge in [0, 0.05) is 35.4 Å². The smallest absolute Gasteiger partial charge is 0.261 e. The van der Waals surface area contributed by atoms with Gasteiger partial charge in [0.25, 0.3) is 15.9 Å². The van der Waals surface area contributed by atoms with Crippen LogP contribution in [0.1, 0.15) is 15.9 Å². The van der Waals surface area contributed by atoms with E-state index in [1.807, 2.05) is 0 Å². The van der Waals surface area contributed by atoms with E-state index in [1.54, 1.807) is 0 Å². The van der Waals surface area contributed by atoms with Crippen molar-refractivity contribution in [3.05, 3.63) is 94.5 Å². The van der Waals surface area contributed by atoms with Gasteiger partial charge in [0.05, 0.1) is 4.90 Å². The zero-order chi connectivity index (χ0) is 21.9. The average Bonchev–Trinajstić information content (AvgIpc) is 2.72. The van der Waals surface area contributed by atoms with Gasteiger partial charge in [-0.05, 0) is 60.7 Å². The number of benzene rings is 3. The van der Waals surface area contributed by atoms with Crippen LogP contribution in [0.5, 0.6) is 0 Å². The van der Waals surface area contributed by atoms with Crippen LogP contribution in [0, 0.1) is 11.6 Å². The topological polar surface area (TPSA) is 66.5 Å². The Hall–Kier alpha value is -2.97. The largest absolute Gasteiger partial charge is 0.337 e. The molecule has 0 bridgehead atoms. The van der Waals surface area contributed by atoms with E-state index in [2.05, 4.69) is 4.72 Å². The second kappa shape index (κ2) is 8.81. The second-order valence-corrected chi connectivity index (χ2v) is 8.59. The lowest BCUT2D eigenvalue weighted by Gasteiger charge is -2.18. The Balaban J connectivity index is 1.74. The number of anilines is 1. The van der Waals surface area contributed by atoms with Crippen LogP contribution in [0.15, 0.2) is 71.6 Å². The normalized spacial score (nSPS) is 11.2. The van der Waals surface area contributed by atoms with Crippen molar-refractivity contribution in [3.63, 3.8) is 0 Å². The predicted molar refractivity (Wildman–Crippen MR) is 111 cm³/mol. The summed E-state index contributed by atoms with van der Waals surface area (Å²) in [5.41, 5.74) is 0.626. The van der Waals surface area contributed by atoms with Gasteiger partial charge in [-0.15, -0.1) is 0 Å². The van der Waals surface area contributed by atoms with Crippen LogP contribution in [-0.2, 0) is 16.6 Å². The first kappa shape index (κ1) is 21.7. The van der Waals surface area contributed by atoms with Gasteiger partial charge in [-0.1, -0.05) is 17.7 Å². The second-order valence-electron chi connectivity index (χ2n) is 6.50. The van der Waals surface area contributed by atoms with Crippen LogP contribution < -0.4 is 4.72 Å². The highest BCUT2D eigenvalue weighted by atomic mass is 35.5. The minimum absolute atomic E-state index is 0.0451. The number of carbonyl (C=O) groups excluding carboxylic acids is 1. The highest BCUT2D eigenvalue weighted by Gasteiger charge is 2.18. The first-order valence-electron chi connectivity index (χ1n) is 8.74. The number of nitrogens with one attached hydrogen (secondary N) is 1. The minimum atomic E-state index is -3.91. The van der Waals surface area contributed by atoms with Gasteiger partial charge < -0.3 is 4.90 Å². The number of amides is 1. The molecule has 3 aromatic rings. The number of carbonyl (C=O) groups is 1. The third-order valence-electron chi connectivity index (χ3n) is 4.31. The molecule has 0 spiro atoms. The molecular weight excluding hydrogens is 434 g/mol. The zero-order valence-electron chi connectivity index (χ0n) is 15.8. The first-order chi connectivity index (χ1) is 14.2. The Labute approximate surface area is 178 Å². The van der Waals surface area contributed by atoms with Gasteiger partial charge in [-0.2, -0.15) is 0 Å². The molecule has 0 aliphatic heterocycles. The summed E-state index contributed by atoms with van der Waals surface area (Å²) in [6.45, 7) is -0.0451. The lowest BCUT2D eigenvalue weighted by molar-refractivity contribution is 0.0784. The molecule has 0 atom stereocenters. The van der Waals surface area contributed by atoms with Gasteiger partial charge in [-0.25, -0.2) is 17.2 Å². The molecule has 3 rings (SSSR count). The predicted octanol–water partition coefficient (Wildman–Crippen LogP) is 4.69. The fraction of sp³-hybridized carbons (Fsp3) is 0.0952. The number of hydrogen-bond donors (Lipinski definition) is 1. The average molecular weight is 451 g/mol. The maximum Gasteiger partial charge on any atom is 0.261 e. The van der Waals surface area contributed by atoms with Crippen molar-refractivity contribution in [2.75, 3.05) is 11.8 Å². The van der Waals surface area contributed by atoms with Crippen molar-refractivity contribution in [2.24, 2.45) is 0 Å². The van der Waals surface area contributed by atoms with Gasteiger partial charge in [0.1, 0.15) is 11.6 Å². The van der Waals surface area contributed by atoms with Gasteiger partial charge in [0.15, 0.2) is 0 Å². The number of hydrogen-bond acceptors (Lipinski definition) is 3. The molecule has 30 heavy (non-hydrogen) atoms. The summed E-state index contributed by atoms with van der Waals surface area (Å²) in [6.07, 6.45) is 0. The fourth-order valence-electron chi connectivity index (χ4n) is 2.72. The van der Waals surface area contributed by atoms with E-state index in [0.29, 0.717) is 0 Å². The van der Waals surface area contributed by atoms with Crippen LogP contribution in [0.3, 0.4) is 0 Å². The maximum atomic E-state index is 13.9. The van der Waals surface area contributed by atoms with Crippen LogP contribution in [-0.4, -0.2) is 26.3 Å². The van der Waals surface area contributed by atoms with E-state index < -0.39 is 27.6 Å². The Kier molecular flexibility index (Phi) is 6.38. The number of rotatable bonds is 6. The summed E-state index contributed by atoms with van der Waals surface area (Å²) in [7, 11) is -2.42. The zero-order valence-corrected chi connectivity index (χ0v) is 17.3. The molecule has 3 aromatic carbocycles. The van der Waals surface area contributed by atoms with Crippen molar-refractivity contribution in [1.82, 2.24) is 4.90 Å². The molecule has 0 heterocycles. The molecule has 1 N–H and O–H groups in total. The fourth-order valence-corrected chi connectivity index (χ4v) is 4.00. The molecule has 5 nitrogen and oxygen atoms in total. The summed E-state index contributed by atoms with van der Waals surface area (Å²) in [5.74, 6) is -1.43. The summed E-state index contributed by atoms with van der Waals surface area (Å²) in [4.78, 5) is 13.8. The Bertz CT molecular complexity index is 1150. The van der Waals surface area contributed by atoms with Crippen molar-refractivity contribution < 1.29 is 22.0 Å². The molecule has 0 aromatic heterocycles. The Morgan fingerprint density at radius 1 is 1.00 bits per heavy atom. The highest BCUT2D eigenvalue weighted by Crippen LogP contribution is 2.22. The van der Waals surface area contributed by atoms with E-state index >= 15 is 0 Å². The summed E-state index contributed by atoms with van der Waals surface area (Å²) >= 11 is 6.00. The molecule has 0 saturated carbocycles. The minimum Gasteiger partial charge on any atom is -0.337 e. The molecular formula is C21H17ClF2N2O3S. The maximum absolute atomic E-state index is 13.9. The molecule has 0 aliphatic rings. The Morgan fingerprint density at radius 3 is 2.23 bits per heavy atom. The molecule has 156 valence electrons. The Morgan fingerprint density at radius 2 is 1.63 bits per heavy atom. The third kappa shape index (κ3) is 4.95. The number of nitrogens with zero attached hydrogens (tertiary/aromatic N) is 1. The van der Waals surface area contributed by atoms with Crippen LogP contribution >= 0.6 is 11.6 Å². The van der Waals surface area contributed by atoms with Gasteiger partial charge in [0.2, 0.25) is 0 Å². The number of halogens is 3. The van der Waals surface area contributed by atoms with Crippen molar-refractivity contribution in [2.45, 2.75) is 11.4 Å². The SMILES string of the molecule is CN(Cc1c(F)cccc1Cl)C(=O)c1ccc(S(=O)(=O)Nc2ccc(F)cc2)cc1. The quantitative estimate of drug-likeness (QED) is 0.592. The molecule has 0 fully saturated rings. The summed E-state index contributed by atoms with van der Waals surface area (Å²) in [5, 5.41) is 0.211. The molecule has 0 saturated heterocycles. The van der Waals surface area contributed by atoms with Gasteiger partial charge in [-0.3, -0.25) is 9.52 Å². The van der Waals surface area contributed by atoms with Crippen LogP contribution in [0.2, 0.25) is 5.02 Å². The first-order valence-corrected chi connectivity index (χ1v) is 10.6. The van der Waals surface area contributed by atoms with Gasteiger partial charge >= 0.3 is 0 Å². The standard InChI is InChI=1S/C21H17ClF2N2O3S/c1-26(13-18-19(22)3-2-4-20(18)24)21(27)14-5-11-17(12-6-14)30(28,29)25-16-9-7-15(23)8-10-16/h2-12,25H,13H2,1H3. The van der Waals surface area contributed by atoms with E-state index in [1.165, 1.54) is 66.5 Å². The van der Waals surface area contributed by atoms with Crippen molar-refractivity contribution in [3.8, 4) is 0 Å². The molecule has 0 radical (unpaired) electrons. The third-order valence-corrected chi connectivity index (χ3v) is 6.06. The molecule has 0 unspecified atom stereocenters. The van der Waals surface area contributed by atoms with E-state index in [9.17, 15) is 22.0 Å². The monoisotopic (exact) mass is 450 g/mol. The molecule has 0 aliphatic carbocycles. The molecule has 9 heteroatoms. The van der Waals surface area contributed by atoms with Crippen molar-refractivity contribution in [1.29, 1.82) is 0 Å². The summed E-state index contributed by atoms with van der Waals surface area (Å²) in [6, 6.07) is 14.4. The number of sulfonamides is 1. The summed E-state index contributed by atoms with van der Waals surface area (Å²) < 4.78 is 54.2. The highest BCUT2D eigenvalue weighted by molar-refractivity contribution is 7.92. The van der Waals surface area contributed by atoms with E-state index in [4.69, 9.17) is 11.6 Å². The van der Waals surface area contributed by atoms with E-state index in [-0.39, 0.29) is 33.3 Å². The lowest BCUT2D eigenvalue weighted by Crippen LogP contribution is -2.27.